The van der Waals surface area contributed by atoms with Gasteiger partial charge in [0, 0.05) is 12.0 Å². The minimum absolute atomic E-state index is 0.161. The molecular weight excluding hydrogens is 244 g/mol. The molecule has 0 atom stereocenters. The maximum absolute atomic E-state index is 11.3. The third-order valence-corrected chi connectivity index (χ3v) is 2.60. The molecule has 14 heavy (non-hydrogen) atoms. The van der Waals surface area contributed by atoms with Crippen molar-refractivity contribution in [3.63, 3.8) is 0 Å². The molecule has 0 amide bonds. The molecule has 0 aromatic heterocycles. The molecule has 3 heteroatoms. The minimum Gasteiger partial charge on any atom is -0.496 e. The number of ether oxygens (including phenoxy) is 1. The number of Topliss-reactive ketones (excluding diaryl/α,β-unsaturated/α-hetero) is 1. The van der Waals surface area contributed by atoms with E-state index in [-0.39, 0.29) is 5.78 Å². The second-order valence-corrected chi connectivity index (χ2v) is 3.73. The third-order valence-electron chi connectivity index (χ3n) is 1.97. The minimum atomic E-state index is 0.161. The maximum atomic E-state index is 11.3. The Morgan fingerprint density at radius 1 is 1.50 bits per heavy atom. The van der Waals surface area contributed by atoms with Crippen LogP contribution in [0.5, 0.6) is 5.75 Å². The standard InChI is InChI=1S/C11H13BrO2/c1-8-3-4-11(14-2)9(5-8)6-10(13)7-12/h3-5H,6-7H2,1-2H3. The second kappa shape index (κ2) is 5.15. The van der Waals surface area contributed by atoms with Gasteiger partial charge in [0.05, 0.1) is 12.4 Å². The first-order valence-electron chi connectivity index (χ1n) is 4.38. The molecule has 0 N–H and O–H groups in total. The number of carbonyl (C=O) groups excluding carboxylic acids is 1. The normalized spacial score (nSPS) is 9.93. The highest BCUT2D eigenvalue weighted by atomic mass is 79.9. The Morgan fingerprint density at radius 3 is 2.79 bits per heavy atom. The Hall–Kier alpha value is -0.830. The Bertz CT molecular complexity index is 334. The van der Waals surface area contributed by atoms with Crippen LogP contribution >= 0.6 is 15.9 Å². The van der Waals surface area contributed by atoms with Gasteiger partial charge in [-0.2, -0.15) is 0 Å². The maximum Gasteiger partial charge on any atom is 0.147 e. The summed E-state index contributed by atoms with van der Waals surface area (Å²) >= 11 is 3.15. The van der Waals surface area contributed by atoms with Crippen molar-refractivity contribution >= 4 is 21.7 Å². The third kappa shape index (κ3) is 2.84. The van der Waals surface area contributed by atoms with Gasteiger partial charge in [-0.05, 0) is 13.0 Å². The molecule has 1 rings (SSSR count). The second-order valence-electron chi connectivity index (χ2n) is 3.16. The summed E-state index contributed by atoms with van der Waals surface area (Å²) in [5.41, 5.74) is 2.10. The highest BCUT2D eigenvalue weighted by Gasteiger charge is 2.07. The molecule has 0 unspecified atom stereocenters. The van der Waals surface area contributed by atoms with E-state index in [1.54, 1.807) is 7.11 Å². The quantitative estimate of drug-likeness (QED) is 0.775. The molecule has 76 valence electrons. The summed E-state index contributed by atoms with van der Waals surface area (Å²) in [5.74, 6) is 0.943. The van der Waals surface area contributed by atoms with Crippen LogP contribution in [0.4, 0.5) is 0 Å². The number of methoxy groups -OCH3 is 1. The Morgan fingerprint density at radius 2 is 2.21 bits per heavy atom. The van der Waals surface area contributed by atoms with Crippen molar-refractivity contribution in [3.8, 4) is 5.75 Å². The molecule has 0 fully saturated rings. The largest absolute Gasteiger partial charge is 0.496 e. The molecule has 0 radical (unpaired) electrons. The lowest BCUT2D eigenvalue weighted by Crippen LogP contribution is -2.05. The van der Waals surface area contributed by atoms with Gasteiger partial charge < -0.3 is 4.74 Å². The molecule has 1 aromatic carbocycles. The monoisotopic (exact) mass is 256 g/mol. The van der Waals surface area contributed by atoms with Crippen LogP contribution in [0.2, 0.25) is 0 Å². The molecule has 0 spiro atoms. The summed E-state index contributed by atoms with van der Waals surface area (Å²) in [6.45, 7) is 2.00. The molecule has 1 aromatic rings. The number of hydrogen-bond donors (Lipinski definition) is 0. The van der Waals surface area contributed by atoms with Gasteiger partial charge in [-0.1, -0.05) is 33.6 Å². The van der Waals surface area contributed by atoms with E-state index in [1.165, 1.54) is 0 Å². The molecule has 0 aliphatic heterocycles. The van der Waals surface area contributed by atoms with E-state index >= 15 is 0 Å². The Labute approximate surface area is 92.4 Å². The van der Waals surface area contributed by atoms with E-state index in [1.807, 2.05) is 25.1 Å². The van der Waals surface area contributed by atoms with Gasteiger partial charge in [-0.15, -0.1) is 0 Å². The van der Waals surface area contributed by atoms with Gasteiger partial charge in [0.15, 0.2) is 0 Å². The first-order chi connectivity index (χ1) is 6.67. The van der Waals surface area contributed by atoms with E-state index < -0.39 is 0 Å². The van der Waals surface area contributed by atoms with E-state index in [4.69, 9.17) is 4.74 Å². The lowest BCUT2D eigenvalue weighted by atomic mass is 10.1. The van der Waals surface area contributed by atoms with Crippen molar-refractivity contribution < 1.29 is 9.53 Å². The summed E-state index contributed by atoms with van der Waals surface area (Å²) in [6.07, 6.45) is 0.427. The zero-order valence-corrected chi connectivity index (χ0v) is 9.93. The van der Waals surface area contributed by atoms with Crippen LogP contribution in [0.25, 0.3) is 0 Å². The lowest BCUT2D eigenvalue weighted by Gasteiger charge is -2.07. The number of ketones is 1. The van der Waals surface area contributed by atoms with Gasteiger partial charge in [0.1, 0.15) is 11.5 Å². The van der Waals surface area contributed by atoms with Crippen LogP contribution in [0.15, 0.2) is 18.2 Å². The first-order valence-corrected chi connectivity index (χ1v) is 5.50. The fourth-order valence-corrected chi connectivity index (χ4v) is 1.50. The number of hydrogen-bond acceptors (Lipinski definition) is 2. The van der Waals surface area contributed by atoms with Crippen LogP contribution in [0.3, 0.4) is 0 Å². The molecule has 0 heterocycles. The summed E-state index contributed by atoms with van der Waals surface area (Å²) in [6, 6.07) is 5.85. The van der Waals surface area contributed by atoms with Crippen LogP contribution in [0.1, 0.15) is 11.1 Å². The number of alkyl halides is 1. The Kier molecular flexibility index (Phi) is 4.14. The van der Waals surface area contributed by atoms with Crippen molar-refractivity contribution in [1.29, 1.82) is 0 Å². The van der Waals surface area contributed by atoms with Crippen molar-refractivity contribution in [1.82, 2.24) is 0 Å². The van der Waals surface area contributed by atoms with Gasteiger partial charge in [-0.25, -0.2) is 0 Å². The average molecular weight is 257 g/mol. The Balaban J connectivity index is 2.93. The number of halogens is 1. The molecule has 0 bridgehead atoms. The van der Waals surface area contributed by atoms with Crippen molar-refractivity contribution in [2.75, 3.05) is 12.4 Å². The van der Waals surface area contributed by atoms with Gasteiger partial charge in [-0.3, -0.25) is 4.79 Å². The van der Waals surface area contributed by atoms with Crippen LogP contribution in [-0.2, 0) is 11.2 Å². The van der Waals surface area contributed by atoms with E-state index in [2.05, 4.69) is 15.9 Å². The molecule has 0 saturated carbocycles. The number of benzene rings is 1. The zero-order valence-electron chi connectivity index (χ0n) is 8.34. The van der Waals surface area contributed by atoms with Crippen LogP contribution in [0, 0.1) is 6.92 Å². The van der Waals surface area contributed by atoms with Crippen molar-refractivity contribution in [3.05, 3.63) is 29.3 Å². The smallest absolute Gasteiger partial charge is 0.147 e. The fourth-order valence-electron chi connectivity index (χ4n) is 1.31. The molecule has 0 aliphatic rings. The molecular formula is C11H13BrO2. The number of aryl methyl sites for hydroxylation is 1. The SMILES string of the molecule is COc1ccc(C)cc1CC(=O)CBr. The van der Waals surface area contributed by atoms with Gasteiger partial charge >= 0.3 is 0 Å². The first kappa shape index (κ1) is 11.2. The van der Waals surface area contributed by atoms with E-state index in [0.717, 1.165) is 16.9 Å². The van der Waals surface area contributed by atoms with E-state index in [0.29, 0.717) is 11.8 Å². The summed E-state index contributed by atoms with van der Waals surface area (Å²) in [4.78, 5) is 11.3. The van der Waals surface area contributed by atoms with Crippen LogP contribution in [-0.4, -0.2) is 18.2 Å². The fraction of sp³-hybridized carbons (Fsp3) is 0.364. The molecule has 2 nitrogen and oxygen atoms in total. The number of carbonyl (C=O) groups is 1. The topological polar surface area (TPSA) is 26.3 Å². The average Bonchev–Trinajstić information content (AvgIpc) is 2.18. The molecule has 0 saturated heterocycles. The molecule has 0 aliphatic carbocycles. The van der Waals surface area contributed by atoms with Crippen molar-refractivity contribution in [2.45, 2.75) is 13.3 Å². The lowest BCUT2D eigenvalue weighted by molar-refractivity contribution is -0.115. The van der Waals surface area contributed by atoms with Gasteiger partial charge in [0.2, 0.25) is 0 Å². The summed E-state index contributed by atoms with van der Waals surface area (Å²) in [7, 11) is 1.62. The predicted octanol–water partition coefficient (Wildman–Crippen LogP) is 2.51. The highest BCUT2D eigenvalue weighted by molar-refractivity contribution is 9.09. The highest BCUT2D eigenvalue weighted by Crippen LogP contribution is 2.20. The van der Waals surface area contributed by atoms with E-state index in [9.17, 15) is 4.79 Å². The summed E-state index contributed by atoms with van der Waals surface area (Å²) in [5, 5.41) is 0.393. The zero-order chi connectivity index (χ0) is 10.6. The van der Waals surface area contributed by atoms with Gasteiger partial charge in [0.25, 0.3) is 0 Å². The van der Waals surface area contributed by atoms with Crippen LogP contribution < -0.4 is 4.74 Å². The predicted molar refractivity (Wildman–Crippen MR) is 60.2 cm³/mol. The number of rotatable bonds is 4. The summed E-state index contributed by atoms with van der Waals surface area (Å²) < 4.78 is 5.18. The van der Waals surface area contributed by atoms with Crippen molar-refractivity contribution in [2.24, 2.45) is 0 Å².